The minimum absolute atomic E-state index is 0.200. The lowest BCUT2D eigenvalue weighted by atomic mass is 9.83. The Hall–Kier alpha value is -1.11. The molecule has 128 valence electrons. The highest BCUT2D eigenvalue weighted by Crippen LogP contribution is 2.35. The number of aliphatic hydroxyl groups is 1. The molecular weight excluding hydrogens is 307 g/mol. The largest absolute Gasteiger partial charge is 0.416 e. The van der Waals surface area contributed by atoms with E-state index in [9.17, 15) is 18.3 Å². The van der Waals surface area contributed by atoms with E-state index in [-0.39, 0.29) is 11.7 Å². The third-order valence-electron chi connectivity index (χ3n) is 4.92. The van der Waals surface area contributed by atoms with Crippen LogP contribution in [-0.2, 0) is 17.5 Å². The molecule has 1 atom stereocenters. The normalized spacial score (nSPS) is 25.7. The standard InChI is InChI=1S/C17H22F3NO2/c18-17(19,20)14-3-1-13(2-4-14)12-21-8-6-16(7-9-21)11-15(22)5-10-23-16/h1-4,15,22H,5-12H2. The number of aliphatic hydroxyl groups excluding tert-OH is 1. The molecule has 1 aromatic carbocycles. The maximum Gasteiger partial charge on any atom is 0.416 e. The molecule has 1 spiro atoms. The maximum atomic E-state index is 12.6. The van der Waals surface area contributed by atoms with Crippen LogP contribution in [0.4, 0.5) is 13.2 Å². The SMILES string of the molecule is OC1CCOC2(CCN(Cc3ccc(C(F)(F)F)cc3)CC2)C1. The molecule has 0 bridgehead atoms. The zero-order valence-corrected chi connectivity index (χ0v) is 13.0. The van der Waals surface area contributed by atoms with Crippen molar-refractivity contribution in [1.82, 2.24) is 4.90 Å². The summed E-state index contributed by atoms with van der Waals surface area (Å²) in [5.41, 5.74) is 0.0795. The van der Waals surface area contributed by atoms with Crippen molar-refractivity contribution in [3.8, 4) is 0 Å². The van der Waals surface area contributed by atoms with Gasteiger partial charge in [-0.05, 0) is 37.0 Å². The summed E-state index contributed by atoms with van der Waals surface area (Å²) in [5, 5.41) is 9.83. The third kappa shape index (κ3) is 4.05. The summed E-state index contributed by atoms with van der Waals surface area (Å²) in [7, 11) is 0. The lowest BCUT2D eigenvalue weighted by Crippen LogP contribution is -2.50. The topological polar surface area (TPSA) is 32.7 Å². The first-order chi connectivity index (χ1) is 10.9. The van der Waals surface area contributed by atoms with Gasteiger partial charge in [0.2, 0.25) is 0 Å². The van der Waals surface area contributed by atoms with Gasteiger partial charge in [-0.15, -0.1) is 0 Å². The Balaban J connectivity index is 1.54. The van der Waals surface area contributed by atoms with E-state index >= 15 is 0 Å². The number of halogens is 3. The molecule has 2 aliphatic heterocycles. The van der Waals surface area contributed by atoms with Crippen LogP contribution in [0.3, 0.4) is 0 Å². The number of hydrogen-bond acceptors (Lipinski definition) is 3. The van der Waals surface area contributed by atoms with Gasteiger partial charge in [0.25, 0.3) is 0 Å². The molecule has 2 aliphatic rings. The number of nitrogens with zero attached hydrogens (tertiary/aromatic N) is 1. The van der Waals surface area contributed by atoms with Crippen LogP contribution >= 0.6 is 0 Å². The summed E-state index contributed by atoms with van der Waals surface area (Å²) in [5.74, 6) is 0. The van der Waals surface area contributed by atoms with Crippen LogP contribution in [0.1, 0.15) is 36.8 Å². The van der Waals surface area contributed by atoms with Crippen molar-refractivity contribution in [2.45, 2.75) is 50.1 Å². The average Bonchev–Trinajstić information content (AvgIpc) is 2.49. The summed E-state index contributed by atoms with van der Waals surface area (Å²) in [4.78, 5) is 2.23. The van der Waals surface area contributed by atoms with Gasteiger partial charge in [0, 0.05) is 32.7 Å². The number of ether oxygens (including phenoxy) is 1. The Morgan fingerprint density at radius 3 is 2.39 bits per heavy atom. The maximum absolute atomic E-state index is 12.6. The second kappa shape index (κ2) is 6.42. The minimum atomic E-state index is -4.28. The first kappa shape index (κ1) is 16.7. The van der Waals surface area contributed by atoms with Gasteiger partial charge in [-0.2, -0.15) is 13.2 Å². The summed E-state index contributed by atoms with van der Waals surface area (Å²) in [6, 6.07) is 5.38. The first-order valence-electron chi connectivity index (χ1n) is 8.07. The van der Waals surface area contributed by atoms with Crippen molar-refractivity contribution >= 4 is 0 Å². The second-order valence-electron chi connectivity index (χ2n) is 6.65. The summed E-state index contributed by atoms with van der Waals surface area (Å²) < 4.78 is 43.6. The molecule has 3 nitrogen and oxygen atoms in total. The lowest BCUT2D eigenvalue weighted by molar-refractivity contribution is -0.143. The quantitative estimate of drug-likeness (QED) is 0.904. The Labute approximate surface area is 134 Å². The van der Waals surface area contributed by atoms with Gasteiger partial charge in [-0.25, -0.2) is 0 Å². The number of likely N-dealkylation sites (tertiary alicyclic amines) is 1. The number of benzene rings is 1. The smallest absolute Gasteiger partial charge is 0.393 e. The predicted molar refractivity (Wildman–Crippen MR) is 79.9 cm³/mol. The van der Waals surface area contributed by atoms with Gasteiger partial charge in [0.15, 0.2) is 0 Å². The first-order valence-corrected chi connectivity index (χ1v) is 8.07. The number of alkyl halides is 3. The summed E-state index contributed by atoms with van der Waals surface area (Å²) in [6.07, 6.45) is -1.42. The van der Waals surface area contributed by atoms with E-state index in [2.05, 4.69) is 4.90 Å². The molecule has 1 unspecified atom stereocenters. The van der Waals surface area contributed by atoms with E-state index in [4.69, 9.17) is 4.74 Å². The van der Waals surface area contributed by atoms with E-state index in [1.54, 1.807) is 12.1 Å². The molecule has 2 heterocycles. The molecule has 1 aromatic rings. The van der Waals surface area contributed by atoms with E-state index in [1.807, 2.05) is 0 Å². The zero-order chi connectivity index (χ0) is 16.5. The predicted octanol–water partition coefficient (Wildman–Crippen LogP) is 3.21. The van der Waals surface area contributed by atoms with E-state index in [1.165, 1.54) is 0 Å². The van der Waals surface area contributed by atoms with Gasteiger partial charge in [-0.3, -0.25) is 4.90 Å². The highest BCUT2D eigenvalue weighted by molar-refractivity contribution is 5.24. The molecule has 0 aromatic heterocycles. The number of hydrogen-bond donors (Lipinski definition) is 1. The van der Waals surface area contributed by atoms with E-state index in [0.29, 0.717) is 26.0 Å². The number of piperidine rings is 1. The highest BCUT2D eigenvalue weighted by atomic mass is 19.4. The Morgan fingerprint density at radius 2 is 1.83 bits per heavy atom. The van der Waals surface area contributed by atoms with Crippen molar-refractivity contribution in [3.05, 3.63) is 35.4 Å². The molecule has 0 aliphatic carbocycles. The second-order valence-corrected chi connectivity index (χ2v) is 6.65. The average molecular weight is 329 g/mol. The van der Waals surface area contributed by atoms with Crippen LogP contribution in [0.25, 0.3) is 0 Å². The van der Waals surface area contributed by atoms with Crippen LogP contribution in [0.2, 0.25) is 0 Å². The van der Waals surface area contributed by atoms with Crippen molar-refractivity contribution < 1.29 is 23.0 Å². The van der Waals surface area contributed by atoms with Crippen molar-refractivity contribution in [2.75, 3.05) is 19.7 Å². The fourth-order valence-corrected chi connectivity index (χ4v) is 3.53. The fourth-order valence-electron chi connectivity index (χ4n) is 3.53. The molecule has 0 saturated carbocycles. The van der Waals surface area contributed by atoms with Gasteiger partial charge < -0.3 is 9.84 Å². The molecule has 6 heteroatoms. The molecule has 2 saturated heterocycles. The van der Waals surface area contributed by atoms with E-state index < -0.39 is 11.7 Å². The summed E-state index contributed by atoms with van der Waals surface area (Å²) in [6.45, 7) is 2.94. The molecule has 0 radical (unpaired) electrons. The van der Waals surface area contributed by atoms with Gasteiger partial charge in [0.05, 0.1) is 17.3 Å². The van der Waals surface area contributed by atoms with Crippen LogP contribution in [-0.4, -0.2) is 41.4 Å². The lowest BCUT2D eigenvalue weighted by Gasteiger charge is -2.45. The van der Waals surface area contributed by atoms with Crippen LogP contribution in [0, 0.1) is 0 Å². The van der Waals surface area contributed by atoms with Crippen LogP contribution in [0.5, 0.6) is 0 Å². The van der Waals surface area contributed by atoms with Crippen molar-refractivity contribution in [2.24, 2.45) is 0 Å². The van der Waals surface area contributed by atoms with Crippen molar-refractivity contribution in [1.29, 1.82) is 0 Å². The Morgan fingerprint density at radius 1 is 1.17 bits per heavy atom. The van der Waals surface area contributed by atoms with Crippen LogP contribution < -0.4 is 0 Å². The summed E-state index contributed by atoms with van der Waals surface area (Å²) >= 11 is 0. The molecule has 23 heavy (non-hydrogen) atoms. The minimum Gasteiger partial charge on any atom is -0.393 e. The van der Waals surface area contributed by atoms with Gasteiger partial charge in [-0.1, -0.05) is 12.1 Å². The van der Waals surface area contributed by atoms with Gasteiger partial charge in [0.1, 0.15) is 0 Å². The Bertz CT molecular complexity index is 522. The van der Waals surface area contributed by atoms with Crippen LogP contribution in [0.15, 0.2) is 24.3 Å². The molecule has 1 N–H and O–H groups in total. The Kier molecular flexibility index (Phi) is 4.67. The fraction of sp³-hybridized carbons (Fsp3) is 0.647. The highest BCUT2D eigenvalue weighted by Gasteiger charge is 2.39. The van der Waals surface area contributed by atoms with E-state index in [0.717, 1.165) is 43.6 Å². The third-order valence-corrected chi connectivity index (χ3v) is 4.92. The number of rotatable bonds is 2. The van der Waals surface area contributed by atoms with Gasteiger partial charge >= 0.3 is 6.18 Å². The molecular formula is C17H22F3NO2. The monoisotopic (exact) mass is 329 g/mol. The molecule has 0 amide bonds. The van der Waals surface area contributed by atoms with Crippen molar-refractivity contribution in [3.63, 3.8) is 0 Å². The molecule has 3 rings (SSSR count). The molecule has 2 fully saturated rings. The zero-order valence-electron chi connectivity index (χ0n) is 13.0.